The molecule has 3 aromatic rings. The van der Waals surface area contributed by atoms with Crippen molar-refractivity contribution >= 4 is 28.4 Å². The van der Waals surface area contributed by atoms with E-state index >= 15 is 0 Å². The van der Waals surface area contributed by atoms with Crippen molar-refractivity contribution in [1.82, 2.24) is 9.97 Å². The second-order valence-electron chi connectivity index (χ2n) is 4.44. The van der Waals surface area contributed by atoms with Crippen LogP contribution >= 0.6 is 11.6 Å². The molecule has 0 radical (unpaired) electrons. The van der Waals surface area contributed by atoms with Crippen LogP contribution in [0.3, 0.4) is 0 Å². The molecule has 7 heteroatoms. The van der Waals surface area contributed by atoms with Crippen molar-refractivity contribution in [1.29, 1.82) is 5.26 Å². The summed E-state index contributed by atoms with van der Waals surface area (Å²) in [5.41, 5.74) is -0.494. The summed E-state index contributed by atoms with van der Waals surface area (Å²) < 4.78 is 27.6. The van der Waals surface area contributed by atoms with Crippen molar-refractivity contribution in [2.45, 2.75) is 0 Å². The Morgan fingerprint density at radius 2 is 2.00 bits per heavy atom. The fourth-order valence-electron chi connectivity index (χ4n) is 2.21. The number of halogens is 3. The van der Waals surface area contributed by atoms with E-state index in [2.05, 4.69) is 9.97 Å². The van der Waals surface area contributed by atoms with E-state index in [0.29, 0.717) is 0 Å². The number of hydrogen-bond acceptors (Lipinski definition) is 3. The molecular weight excluding hydrogens is 312 g/mol. The maximum atomic E-state index is 13.8. The lowest BCUT2D eigenvalue weighted by Gasteiger charge is -2.04. The molecule has 0 fully saturated rings. The van der Waals surface area contributed by atoms with E-state index in [9.17, 15) is 18.8 Å². The third-order valence-electron chi connectivity index (χ3n) is 3.20. The van der Waals surface area contributed by atoms with E-state index in [4.69, 9.17) is 11.6 Å². The number of nitriles is 1. The van der Waals surface area contributed by atoms with Crippen LogP contribution in [0, 0.1) is 23.0 Å². The monoisotopic (exact) mass is 317 g/mol. The molecule has 0 aliphatic rings. The quantitative estimate of drug-likeness (QED) is 0.734. The Morgan fingerprint density at radius 3 is 2.64 bits per heavy atom. The summed E-state index contributed by atoms with van der Waals surface area (Å²) in [5.74, 6) is -2.84. The van der Waals surface area contributed by atoms with E-state index in [0.717, 1.165) is 18.2 Å². The number of ketones is 1. The van der Waals surface area contributed by atoms with Crippen LogP contribution in [0.25, 0.3) is 11.0 Å². The first-order valence-electron chi connectivity index (χ1n) is 6.09. The lowest BCUT2D eigenvalue weighted by atomic mass is 10.0. The van der Waals surface area contributed by atoms with Gasteiger partial charge >= 0.3 is 0 Å². The summed E-state index contributed by atoms with van der Waals surface area (Å²) in [6.45, 7) is 0. The van der Waals surface area contributed by atoms with Crippen molar-refractivity contribution in [3.05, 3.63) is 63.9 Å². The Kier molecular flexibility index (Phi) is 3.35. The molecule has 108 valence electrons. The van der Waals surface area contributed by atoms with Gasteiger partial charge < -0.3 is 4.98 Å². The maximum Gasteiger partial charge on any atom is 0.201 e. The van der Waals surface area contributed by atoms with Gasteiger partial charge in [0, 0.05) is 17.8 Å². The minimum Gasteiger partial charge on any atom is -0.345 e. The average molecular weight is 318 g/mol. The van der Waals surface area contributed by atoms with Gasteiger partial charge in [0.2, 0.25) is 5.78 Å². The van der Waals surface area contributed by atoms with Crippen LogP contribution in [-0.4, -0.2) is 15.8 Å². The van der Waals surface area contributed by atoms with E-state index in [1.807, 2.05) is 6.07 Å². The molecule has 0 saturated heterocycles. The minimum absolute atomic E-state index is 0.0213. The second-order valence-corrected chi connectivity index (χ2v) is 4.85. The van der Waals surface area contributed by atoms with E-state index in [1.54, 1.807) is 0 Å². The second kappa shape index (κ2) is 5.20. The first-order valence-corrected chi connectivity index (χ1v) is 6.46. The molecule has 0 amide bonds. The Morgan fingerprint density at radius 1 is 1.32 bits per heavy atom. The lowest BCUT2D eigenvalue weighted by Crippen LogP contribution is -2.07. The highest BCUT2D eigenvalue weighted by Gasteiger charge is 2.24. The van der Waals surface area contributed by atoms with E-state index in [1.165, 1.54) is 12.4 Å². The van der Waals surface area contributed by atoms with Gasteiger partial charge in [0.05, 0.1) is 21.7 Å². The number of rotatable bonds is 2. The lowest BCUT2D eigenvalue weighted by molar-refractivity contribution is 0.103. The molecule has 1 aromatic carbocycles. The minimum atomic E-state index is -0.979. The number of pyridine rings is 1. The summed E-state index contributed by atoms with van der Waals surface area (Å²) in [7, 11) is 0. The zero-order valence-electron chi connectivity index (χ0n) is 10.8. The number of fused-ring (bicyclic) bond motifs is 1. The Balaban J connectivity index is 2.30. The number of H-pyrrole nitrogens is 1. The van der Waals surface area contributed by atoms with Crippen molar-refractivity contribution in [2.75, 3.05) is 0 Å². The molecule has 0 bridgehead atoms. The number of aromatic nitrogens is 2. The van der Waals surface area contributed by atoms with Crippen LogP contribution in [0.5, 0.6) is 0 Å². The molecule has 0 saturated carbocycles. The Labute approximate surface area is 128 Å². The van der Waals surface area contributed by atoms with Crippen LogP contribution in [0.4, 0.5) is 8.78 Å². The summed E-state index contributed by atoms with van der Waals surface area (Å²) in [5, 5.41) is 9.38. The standard InChI is InChI=1S/C15H6ClF2N3O/c16-9-6-21-15-12(7(9)4-19)8(5-20-15)14(22)13-10(17)2-1-3-11(13)18/h1-3,5-6H,(H,20,21). The predicted octanol–water partition coefficient (Wildman–Crippen LogP) is 3.60. The van der Waals surface area contributed by atoms with Crippen LogP contribution in [0.2, 0.25) is 5.02 Å². The summed E-state index contributed by atoms with van der Waals surface area (Å²) >= 11 is 5.89. The molecule has 4 nitrogen and oxygen atoms in total. The fourth-order valence-corrected chi connectivity index (χ4v) is 2.40. The summed E-state index contributed by atoms with van der Waals surface area (Å²) in [4.78, 5) is 19.1. The van der Waals surface area contributed by atoms with Gasteiger partial charge in [-0.3, -0.25) is 4.79 Å². The molecule has 0 aliphatic carbocycles. The van der Waals surface area contributed by atoms with Crippen molar-refractivity contribution < 1.29 is 13.6 Å². The van der Waals surface area contributed by atoms with E-state index in [-0.39, 0.29) is 27.2 Å². The molecule has 1 N–H and O–H groups in total. The fraction of sp³-hybridized carbons (Fsp3) is 0. The number of nitrogens with one attached hydrogen (secondary N) is 1. The number of aromatic amines is 1. The van der Waals surface area contributed by atoms with Gasteiger partial charge in [-0.05, 0) is 12.1 Å². The molecule has 22 heavy (non-hydrogen) atoms. The summed E-state index contributed by atoms with van der Waals surface area (Å²) in [6.07, 6.45) is 2.51. The largest absolute Gasteiger partial charge is 0.345 e. The zero-order chi connectivity index (χ0) is 15.9. The molecule has 2 aromatic heterocycles. The Hall–Kier alpha value is -2.78. The van der Waals surface area contributed by atoms with Gasteiger partial charge in [0.25, 0.3) is 0 Å². The molecule has 2 heterocycles. The van der Waals surface area contributed by atoms with Crippen molar-refractivity contribution in [2.24, 2.45) is 0 Å². The molecule has 3 rings (SSSR count). The highest BCUT2D eigenvalue weighted by molar-refractivity contribution is 6.33. The zero-order valence-corrected chi connectivity index (χ0v) is 11.6. The highest BCUT2D eigenvalue weighted by Crippen LogP contribution is 2.29. The molecule has 0 aliphatic heterocycles. The van der Waals surface area contributed by atoms with Gasteiger partial charge in [0.1, 0.15) is 23.4 Å². The first kappa shape index (κ1) is 14.2. The maximum absolute atomic E-state index is 13.8. The average Bonchev–Trinajstić information content (AvgIpc) is 2.91. The predicted molar refractivity (Wildman–Crippen MR) is 75.6 cm³/mol. The normalized spacial score (nSPS) is 10.6. The van der Waals surface area contributed by atoms with Crippen LogP contribution in [0.1, 0.15) is 21.5 Å². The first-order chi connectivity index (χ1) is 10.5. The topological polar surface area (TPSA) is 69.5 Å². The van der Waals surface area contributed by atoms with Gasteiger partial charge in [-0.2, -0.15) is 5.26 Å². The third-order valence-corrected chi connectivity index (χ3v) is 3.49. The van der Waals surface area contributed by atoms with Crippen LogP contribution in [0.15, 0.2) is 30.6 Å². The van der Waals surface area contributed by atoms with E-state index < -0.39 is 23.0 Å². The van der Waals surface area contributed by atoms with Gasteiger partial charge in [0.15, 0.2) is 0 Å². The molecular formula is C15H6ClF2N3O. The van der Waals surface area contributed by atoms with Gasteiger partial charge in [-0.25, -0.2) is 13.8 Å². The highest BCUT2D eigenvalue weighted by atomic mass is 35.5. The smallest absolute Gasteiger partial charge is 0.201 e. The van der Waals surface area contributed by atoms with Gasteiger partial charge in [-0.1, -0.05) is 17.7 Å². The SMILES string of the molecule is N#Cc1c(Cl)cnc2[nH]cc(C(=O)c3c(F)cccc3F)c12. The number of carbonyl (C=O) groups is 1. The van der Waals surface area contributed by atoms with Crippen LogP contribution in [-0.2, 0) is 0 Å². The van der Waals surface area contributed by atoms with Crippen LogP contribution < -0.4 is 0 Å². The third kappa shape index (κ3) is 2.03. The van der Waals surface area contributed by atoms with Crippen molar-refractivity contribution in [3.8, 4) is 6.07 Å². The number of carbonyl (C=O) groups excluding carboxylic acids is 1. The number of benzene rings is 1. The summed E-state index contributed by atoms with van der Waals surface area (Å²) in [6, 6.07) is 5.01. The molecule has 0 atom stereocenters. The number of nitrogens with zero attached hydrogens (tertiary/aromatic N) is 2. The number of hydrogen-bond donors (Lipinski definition) is 1. The molecule has 0 unspecified atom stereocenters. The molecule has 0 spiro atoms. The van der Waals surface area contributed by atoms with Crippen molar-refractivity contribution in [3.63, 3.8) is 0 Å². The Bertz CT molecular complexity index is 939. The van der Waals surface area contributed by atoms with Gasteiger partial charge in [-0.15, -0.1) is 0 Å².